The average molecular weight is 679 g/mol. The molecule has 0 fully saturated rings. The third-order valence-corrected chi connectivity index (χ3v) is 7.59. The van der Waals surface area contributed by atoms with Gasteiger partial charge in [0, 0.05) is 12.8 Å². The number of carbonyl (C=O) groups excluding carboxylic acids is 2. The van der Waals surface area contributed by atoms with Crippen LogP contribution in [0.1, 0.15) is 149 Å². The molecule has 5 heteroatoms. The smallest absolute Gasteiger partial charge is 0.306 e. The van der Waals surface area contributed by atoms with Crippen molar-refractivity contribution in [2.75, 3.05) is 13.2 Å². The Morgan fingerprint density at radius 1 is 0.490 bits per heavy atom. The Morgan fingerprint density at radius 3 is 1.37 bits per heavy atom. The fourth-order valence-corrected chi connectivity index (χ4v) is 4.71. The topological polar surface area (TPSA) is 72.8 Å². The van der Waals surface area contributed by atoms with Crippen LogP contribution in [0.15, 0.2) is 97.2 Å². The van der Waals surface area contributed by atoms with E-state index in [9.17, 15) is 14.7 Å². The largest absolute Gasteiger partial charge is 0.462 e. The van der Waals surface area contributed by atoms with Crippen LogP contribution in [0.25, 0.3) is 0 Å². The lowest BCUT2D eigenvalue weighted by Crippen LogP contribution is -2.28. The van der Waals surface area contributed by atoms with Crippen LogP contribution < -0.4 is 0 Å². The molecule has 0 spiro atoms. The summed E-state index contributed by atoms with van der Waals surface area (Å²) >= 11 is 0. The predicted molar refractivity (Wildman–Crippen MR) is 209 cm³/mol. The molecular formula is C44H70O5. The molecule has 0 aromatic carbocycles. The van der Waals surface area contributed by atoms with Gasteiger partial charge in [0.2, 0.25) is 0 Å². The number of esters is 2. The monoisotopic (exact) mass is 679 g/mol. The fraction of sp³-hybridized carbons (Fsp3) is 0.591. The van der Waals surface area contributed by atoms with Crippen LogP contribution in [0, 0.1) is 0 Å². The SMILES string of the molecule is CC/C=C\C/C=C\C/C=C\C/C=C\C/C=C\C/C=C\C/C=C\CCCCCC(=O)OC(CO)COC(=O)CCCCCCC/C=C\CCC. The van der Waals surface area contributed by atoms with Crippen molar-refractivity contribution in [3.63, 3.8) is 0 Å². The van der Waals surface area contributed by atoms with Gasteiger partial charge < -0.3 is 14.6 Å². The van der Waals surface area contributed by atoms with Crippen LogP contribution in [0.2, 0.25) is 0 Å². The van der Waals surface area contributed by atoms with Gasteiger partial charge in [-0.05, 0) is 89.9 Å². The Balaban J connectivity index is 3.71. The molecule has 0 radical (unpaired) electrons. The van der Waals surface area contributed by atoms with E-state index in [0.717, 1.165) is 103 Å². The van der Waals surface area contributed by atoms with Crippen LogP contribution in [0.5, 0.6) is 0 Å². The summed E-state index contributed by atoms with van der Waals surface area (Å²) < 4.78 is 10.5. The van der Waals surface area contributed by atoms with Crippen molar-refractivity contribution in [1.29, 1.82) is 0 Å². The minimum atomic E-state index is -0.797. The van der Waals surface area contributed by atoms with E-state index in [1.165, 1.54) is 19.3 Å². The highest BCUT2D eigenvalue weighted by atomic mass is 16.6. The maximum atomic E-state index is 12.1. The Morgan fingerprint density at radius 2 is 0.878 bits per heavy atom. The molecule has 276 valence electrons. The van der Waals surface area contributed by atoms with Crippen LogP contribution in [0.4, 0.5) is 0 Å². The van der Waals surface area contributed by atoms with E-state index >= 15 is 0 Å². The van der Waals surface area contributed by atoms with Gasteiger partial charge in [-0.3, -0.25) is 9.59 Å². The summed E-state index contributed by atoms with van der Waals surface area (Å²) in [5.41, 5.74) is 0. The quantitative estimate of drug-likeness (QED) is 0.0425. The first kappa shape index (κ1) is 45.8. The van der Waals surface area contributed by atoms with Crippen molar-refractivity contribution in [3.8, 4) is 0 Å². The van der Waals surface area contributed by atoms with E-state index in [-0.39, 0.29) is 25.2 Å². The van der Waals surface area contributed by atoms with Crippen LogP contribution in [-0.2, 0) is 19.1 Å². The lowest BCUT2D eigenvalue weighted by molar-refractivity contribution is -0.161. The molecule has 1 N–H and O–H groups in total. The second kappa shape index (κ2) is 39.3. The molecule has 0 amide bonds. The molecule has 0 aromatic heterocycles. The van der Waals surface area contributed by atoms with Gasteiger partial charge in [-0.1, -0.05) is 143 Å². The minimum Gasteiger partial charge on any atom is -0.462 e. The number of unbranched alkanes of at least 4 members (excludes halogenated alkanes) is 9. The number of allylic oxidation sites excluding steroid dienone is 16. The van der Waals surface area contributed by atoms with Gasteiger partial charge in [-0.15, -0.1) is 0 Å². The molecule has 0 aliphatic heterocycles. The Hall–Kier alpha value is -3.18. The summed E-state index contributed by atoms with van der Waals surface area (Å²) in [6, 6.07) is 0. The fourth-order valence-electron chi connectivity index (χ4n) is 4.71. The van der Waals surface area contributed by atoms with Gasteiger partial charge in [0.05, 0.1) is 6.61 Å². The molecule has 0 aliphatic rings. The minimum absolute atomic E-state index is 0.0905. The van der Waals surface area contributed by atoms with E-state index in [1.54, 1.807) is 0 Å². The molecule has 0 saturated heterocycles. The van der Waals surface area contributed by atoms with Crippen molar-refractivity contribution < 1.29 is 24.2 Å². The molecule has 0 saturated carbocycles. The van der Waals surface area contributed by atoms with E-state index in [0.29, 0.717) is 12.8 Å². The third-order valence-electron chi connectivity index (χ3n) is 7.59. The van der Waals surface area contributed by atoms with Crippen molar-refractivity contribution in [1.82, 2.24) is 0 Å². The summed E-state index contributed by atoms with van der Waals surface area (Å²) in [5, 5.41) is 9.52. The molecule has 0 heterocycles. The lowest BCUT2D eigenvalue weighted by atomic mass is 10.1. The van der Waals surface area contributed by atoms with E-state index < -0.39 is 6.10 Å². The highest BCUT2D eigenvalue weighted by Gasteiger charge is 2.16. The molecule has 0 rings (SSSR count). The summed E-state index contributed by atoms with van der Waals surface area (Å²) in [7, 11) is 0. The summed E-state index contributed by atoms with van der Waals surface area (Å²) in [4.78, 5) is 24.2. The van der Waals surface area contributed by atoms with Crippen molar-refractivity contribution in [3.05, 3.63) is 97.2 Å². The Kier molecular flexibility index (Phi) is 36.7. The molecule has 1 unspecified atom stereocenters. The number of aliphatic hydroxyl groups excluding tert-OH is 1. The lowest BCUT2D eigenvalue weighted by Gasteiger charge is -2.15. The zero-order valence-corrected chi connectivity index (χ0v) is 31.2. The zero-order chi connectivity index (χ0) is 35.7. The van der Waals surface area contributed by atoms with Crippen molar-refractivity contribution in [2.24, 2.45) is 0 Å². The van der Waals surface area contributed by atoms with Crippen molar-refractivity contribution >= 4 is 11.9 Å². The van der Waals surface area contributed by atoms with Crippen LogP contribution >= 0.6 is 0 Å². The average Bonchev–Trinajstić information content (AvgIpc) is 3.10. The molecule has 0 aromatic rings. The molecule has 1 atom stereocenters. The van der Waals surface area contributed by atoms with Crippen LogP contribution in [-0.4, -0.2) is 36.4 Å². The first-order chi connectivity index (χ1) is 24.1. The molecule has 5 nitrogen and oxygen atoms in total. The number of ether oxygens (including phenoxy) is 2. The van der Waals surface area contributed by atoms with Gasteiger partial charge in [-0.25, -0.2) is 0 Å². The van der Waals surface area contributed by atoms with Gasteiger partial charge in [0.15, 0.2) is 6.10 Å². The van der Waals surface area contributed by atoms with Gasteiger partial charge in [0.1, 0.15) is 6.61 Å². The van der Waals surface area contributed by atoms with Crippen LogP contribution in [0.3, 0.4) is 0 Å². The zero-order valence-electron chi connectivity index (χ0n) is 31.2. The maximum absolute atomic E-state index is 12.1. The molecule has 49 heavy (non-hydrogen) atoms. The number of hydrogen-bond donors (Lipinski definition) is 1. The first-order valence-corrected chi connectivity index (χ1v) is 19.3. The second-order valence-corrected chi connectivity index (χ2v) is 12.3. The summed E-state index contributed by atoms with van der Waals surface area (Å²) in [5.74, 6) is -0.654. The predicted octanol–water partition coefficient (Wildman–Crippen LogP) is 12.1. The van der Waals surface area contributed by atoms with Gasteiger partial charge in [0.25, 0.3) is 0 Å². The van der Waals surface area contributed by atoms with E-state index in [2.05, 4.69) is 111 Å². The number of rotatable bonds is 33. The van der Waals surface area contributed by atoms with E-state index in [4.69, 9.17) is 9.47 Å². The standard InChI is InChI=1S/C44H70O5/c1-3-5-7-9-11-13-15-16-17-18-19-20-21-22-23-24-25-26-27-28-29-31-33-35-37-39-44(47)49-42(40-45)41-48-43(46)38-36-34-32-30-14-12-10-8-6-4-2/h5,7-8,10-11,13,16-17,19-20,22-23,25-26,28-29,42,45H,3-4,6,9,12,14-15,18,21,24,27,30-41H2,1-2H3/b7-5-,10-8-,13-11-,17-16-,20-19-,23-22-,26-25-,29-28-. The van der Waals surface area contributed by atoms with Gasteiger partial charge in [-0.2, -0.15) is 0 Å². The Bertz CT molecular complexity index is 995. The number of aliphatic hydroxyl groups is 1. The summed E-state index contributed by atoms with van der Waals surface area (Å²) in [6.07, 6.45) is 54.7. The van der Waals surface area contributed by atoms with Crippen molar-refractivity contribution in [2.45, 2.75) is 155 Å². The van der Waals surface area contributed by atoms with E-state index in [1.807, 2.05) is 0 Å². The summed E-state index contributed by atoms with van der Waals surface area (Å²) in [6.45, 7) is 3.90. The molecular weight excluding hydrogens is 608 g/mol. The Labute approximate surface area is 300 Å². The maximum Gasteiger partial charge on any atom is 0.306 e. The number of hydrogen-bond acceptors (Lipinski definition) is 5. The third kappa shape index (κ3) is 37.5. The highest BCUT2D eigenvalue weighted by Crippen LogP contribution is 2.10. The molecule has 0 aliphatic carbocycles. The molecule has 0 bridgehead atoms. The highest BCUT2D eigenvalue weighted by molar-refractivity contribution is 5.70. The second-order valence-electron chi connectivity index (χ2n) is 12.3. The first-order valence-electron chi connectivity index (χ1n) is 19.3. The van der Waals surface area contributed by atoms with Gasteiger partial charge >= 0.3 is 11.9 Å². The normalized spacial score (nSPS) is 13.3. The number of carbonyl (C=O) groups is 2.